The molecule has 0 radical (unpaired) electrons. The zero-order valence-electron chi connectivity index (χ0n) is 11.2. The first-order chi connectivity index (χ1) is 9.26. The van der Waals surface area contributed by atoms with Gasteiger partial charge in [-0.1, -0.05) is 0 Å². The van der Waals surface area contributed by atoms with Gasteiger partial charge in [0.05, 0.1) is 19.8 Å². The Balaban J connectivity index is 1.52. The molecule has 0 aromatic carbocycles. The molecule has 1 atom stereocenters. The number of aromatic nitrogens is 1. The predicted octanol–water partition coefficient (Wildman–Crippen LogP) is 1.72. The van der Waals surface area contributed by atoms with E-state index < -0.39 is 5.79 Å². The molecular formula is C14H20N2O3. The normalized spacial score (nSPS) is 25.6. The van der Waals surface area contributed by atoms with Gasteiger partial charge in [-0.3, -0.25) is 4.98 Å². The second-order valence-electron chi connectivity index (χ2n) is 5.14. The van der Waals surface area contributed by atoms with Crippen LogP contribution in [0.1, 0.15) is 18.5 Å². The van der Waals surface area contributed by atoms with E-state index in [0.29, 0.717) is 6.61 Å². The highest BCUT2D eigenvalue weighted by Crippen LogP contribution is 2.33. The highest BCUT2D eigenvalue weighted by atomic mass is 16.7. The highest BCUT2D eigenvalue weighted by Gasteiger charge is 2.42. The second-order valence-corrected chi connectivity index (χ2v) is 5.14. The summed E-state index contributed by atoms with van der Waals surface area (Å²) in [5.74, 6) is -0.390. The Morgan fingerprint density at radius 1 is 1.42 bits per heavy atom. The third-order valence-electron chi connectivity index (χ3n) is 3.60. The molecule has 2 saturated heterocycles. The number of hydrogen-bond donors (Lipinski definition) is 1. The first kappa shape index (κ1) is 12.8. The average Bonchev–Trinajstić information content (AvgIpc) is 2.80. The minimum atomic E-state index is -0.390. The Labute approximate surface area is 113 Å². The Morgan fingerprint density at radius 2 is 2.26 bits per heavy atom. The van der Waals surface area contributed by atoms with Crippen molar-refractivity contribution in [2.45, 2.75) is 31.7 Å². The lowest BCUT2D eigenvalue weighted by Gasteiger charge is -2.31. The fourth-order valence-electron chi connectivity index (χ4n) is 2.55. The summed E-state index contributed by atoms with van der Waals surface area (Å²) in [6.45, 7) is 4.84. The maximum atomic E-state index is 6.06. The molecule has 1 N–H and O–H groups in total. The van der Waals surface area contributed by atoms with Crippen LogP contribution in [0.3, 0.4) is 0 Å². The lowest BCUT2D eigenvalue weighted by molar-refractivity contribution is -0.209. The molecule has 3 heterocycles. The fraction of sp³-hybridized carbons (Fsp3) is 0.643. The monoisotopic (exact) mass is 264 g/mol. The standard InChI is InChI=1S/C14H20N2O3/c1-11-8-12(2-5-15-11)16-9-13-10-18-14(19-13)3-6-17-7-4-14/h2,5,8,13H,3-4,6-7,9-10H2,1H3,(H,15,16). The molecule has 2 fully saturated rings. The van der Waals surface area contributed by atoms with Gasteiger partial charge in [0.2, 0.25) is 0 Å². The van der Waals surface area contributed by atoms with Crippen LogP contribution in [-0.4, -0.2) is 43.2 Å². The number of ether oxygens (including phenoxy) is 3. The summed E-state index contributed by atoms with van der Waals surface area (Å²) in [4.78, 5) is 4.18. The van der Waals surface area contributed by atoms with E-state index in [-0.39, 0.29) is 6.10 Å². The van der Waals surface area contributed by atoms with E-state index in [2.05, 4.69) is 10.3 Å². The van der Waals surface area contributed by atoms with E-state index in [9.17, 15) is 0 Å². The average molecular weight is 264 g/mol. The van der Waals surface area contributed by atoms with Crippen LogP contribution in [0.15, 0.2) is 18.3 Å². The molecule has 19 heavy (non-hydrogen) atoms. The number of aryl methyl sites for hydroxylation is 1. The summed E-state index contributed by atoms with van der Waals surface area (Å²) in [5, 5.41) is 3.37. The summed E-state index contributed by atoms with van der Waals surface area (Å²) in [6.07, 6.45) is 3.57. The van der Waals surface area contributed by atoms with Crippen molar-refractivity contribution < 1.29 is 14.2 Å². The first-order valence-electron chi connectivity index (χ1n) is 6.82. The molecule has 1 spiro atoms. The van der Waals surface area contributed by atoms with Gasteiger partial charge >= 0.3 is 0 Å². The molecule has 5 heteroatoms. The SMILES string of the molecule is Cc1cc(NCC2COC3(CCOCC3)O2)ccn1. The molecule has 104 valence electrons. The number of nitrogens with zero attached hydrogens (tertiary/aromatic N) is 1. The molecule has 0 amide bonds. The smallest absolute Gasteiger partial charge is 0.173 e. The molecule has 1 aromatic rings. The molecule has 0 aliphatic carbocycles. The summed E-state index contributed by atoms with van der Waals surface area (Å²) < 4.78 is 17.3. The first-order valence-corrected chi connectivity index (χ1v) is 6.82. The third-order valence-corrected chi connectivity index (χ3v) is 3.60. The Morgan fingerprint density at radius 3 is 3.05 bits per heavy atom. The summed E-state index contributed by atoms with van der Waals surface area (Å²) >= 11 is 0. The van der Waals surface area contributed by atoms with Crippen LogP contribution in [-0.2, 0) is 14.2 Å². The van der Waals surface area contributed by atoms with E-state index >= 15 is 0 Å². The van der Waals surface area contributed by atoms with Gasteiger partial charge in [0, 0.05) is 37.0 Å². The van der Waals surface area contributed by atoms with Gasteiger partial charge in [-0.25, -0.2) is 0 Å². The van der Waals surface area contributed by atoms with E-state index in [4.69, 9.17) is 14.2 Å². The lowest BCUT2D eigenvalue weighted by Crippen LogP contribution is -2.38. The van der Waals surface area contributed by atoms with Crippen molar-refractivity contribution in [2.24, 2.45) is 0 Å². The van der Waals surface area contributed by atoms with Crippen LogP contribution >= 0.6 is 0 Å². The molecular weight excluding hydrogens is 244 g/mol. The van der Waals surface area contributed by atoms with E-state index in [1.165, 1.54) is 0 Å². The lowest BCUT2D eigenvalue weighted by atomic mass is 10.1. The van der Waals surface area contributed by atoms with Gasteiger partial charge in [0.25, 0.3) is 0 Å². The molecule has 0 saturated carbocycles. The van der Waals surface area contributed by atoms with Crippen molar-refractivity contribution in [1.82, 2.24) is 4.98 Å². The zero-order chi connectivity index (χ0) is 13.1. The zero-order valence-corrected chi connectivity index (χ0v) is 11.2. The largest absolute Gasteiger partial charge is 0.382 e. The van der Waals surface area contributed by atoms with Crippen LogP contribution < -0.4 is 5.32 Å². The molecule has 5 nitrogen and oxygen atoms in total. The maximum absolute atomic E-state index is 6.06. The van der Waals surface area contributed by atoms with Crippen molar-refractivity contribution in [1.29, 1.82) is 0 Å². The molecule has 1 unspecified atom stereocenters. The second kappa shape index (κ2) is 5.45. The van der Waals surface area contributed by atoms with Crippen LogP contribution in [0.4, 0.5) is 5.69 Å². The fourth-order valence-corrected chi connectivity index (χ4v) is 2.55. The summed E-state index contributed by atoms with van der Waals surface area (Å²) in [6, 6.07) is 3.99. The van der Waals surface area contributed by atoms with Crippen molar-refractivity contribution >= 4 is 5.69 Å². The molecule has 0 bridgehead atoms. The number of anilines is 1. The van der Waals surface area contributed by atoms with Gasteiger partial charge in [-0.15, -0.1) is 0 Å². The highest BCUT2D eigenvalue weighted by molar-refractivity contribution is 5.42. The van der Waals surface area contributed by atoms with Crippen LogP contribution in [0.25, 0.3) is 0 Å². The van der Waals surface area contributed by atoms with Gasteiger partial charge < -0.3 is 19.5 Å². The Bertz CT molecular complexity index is 432. The molecule has 2 aliphatic rings. The number of rotatable bonds is 3. The van der Waals surface area contributed by atoms with E-state index in [1.807, 2.05) is 25.3 Å². The summed E-state index contributed by atoms with van der Waals surface area (Å²) in [7, 11) is 0. The molecule has 1 aromatic heterocycles. The van der Waals surface area contributed by atoms with Gasteiger partial charge in [-0.2, -0.15) is 0 Å². The van der Waals surface area contributed by atoms with Crippen LogP contribution in [0.2, 0.25) is 0 Å². The van der Waals surface area contributed by atoms with Crippen molar-refractivity contribution in [2.75, 3.05) is 31.7 Å². The van der Waals surface area contributed by atoms with Crippen LogP contribution in [0, 0.1) is 6.92 Å². The summed E-state index contributed by atoms with van der Waals surface area (Å²) in [5.41, 5.74) is 2.08. The van der Waals surface area contributed by atoms with Crippen molar-refractivity contribution in [3.63, 3.8) is 0 Å². The van der Waals surface area contributed by atoms with Gasteiger partial charge in [-0.05, 0) is 19.1 Å². The molecule has 3 rings (SSSR count). The van der Waals surface area contributed by atoms with E-state index in [1.54, 1.807) is 0 Å². The van der Waals surface area contributed by atoms with Crippen LogP contribution in [0.5, 0.6) is 0 Å². The Hall–Kier alpha value is -1.17. The number of nitrogens with one attached hydrogen (secondary N) is 1. The van der Waals surface area contributed by atoms with Crippen molar-refractivity contribution in [3.05, 3.63) is 24.0 Å². The number of hydrogen-bond acceptors (Lipinski definition) is 5. The minimum Gasteiger partial charge on any atom is -0.382 e. The van der Waals surface area contributed by atoms with E-state index in [0.717, 1.165) is 44.0 Å². The topological polar surface area (TPSA) is 52.6 Å². The quantitative estimate of drug-likeness (QED) is 0.901. The third kappa shape index (κ3) is 3.05. The van der Waals surface area contributed by atoms with Gasteiger partial charge in [0.1, 0.15) is 6.10 Å². The maximum Gasteiger partial charge on any atom is 0.173 e. The van der Waals surface area contributed by atoms with Gasteiger partial charge in [0.15, 0.2) is 5.79 Å². The van der Waals surface area contributed by atoms with Crippen molar-refractivity contribution in [3.8, 4) is 0 Å². The Kier molecular flexibility index (Phi) is 3.68. The minimum absolute atomic E-state index is 0.103. The number of pyridine rings is 1. The molecule has 2 aliphatic heterocycles. The predicted molar refractivity (Wildman–Crippen MR) is 71.1 cm³/mol.